The summed E-state index contributed by atoms with van der Waals surface area (Å²) in [6, 6.07) is 4.70. The van der Waals surface area contributed by atoms with E-state index in [1.807, 2.05) is 0 Å². The van der Waals surface area contributed by atoms with Crippen molar-refractivity contribution in [3.8, 4) is 5.75 Å². The molecule has 2 unspecified atom stereocenters. The fourth-order valence-electron chi connectivity index (χ4n) is 2.77. The number of alkyl carbamates (subject to hydrolysis) is 1. The quantitative estimate of drug-likeness (QED) is 0.475. The van der Waals surface area contributed by atoms with Crippen LogP contribution in [0, 0.1) is 0 Å². The second-order valence-electron chi connectivity index (χ2n) is 6.97. The minimum Gasteiger partial charge on any atom is -0.471 e. The summed E-state index contributed by atoms with van der Waals surface area (Å²) in [7, 11) is 3.50. The largest absolute Gasteiger partial charge is 0.471 e. The highest BCUT2D eigenvalue weighted by molar-refractivity contribution is 5.94. The molecule has 1 aromatic carbocycles. The molecule has 31 heavy (non-hydrogen) atoms. The molecule has 0 bridgehead atoms. The number of alkyl halides is 1. The van der Waals surface area contributed by atoms with Gasteiger partial charge in [0, 0.05) is 31.7 Å². The van der Waals surface area contributed by atoms with Gasteiger partial charge in [0.2, 0.25) is 5.43 Å². The SMILES string of the molecule is CCOC(=O)c1cn(N(C)C)c2cc(OC(C)NC(=O)OCC(F)CC)ccc2c1=O. The number of halogens is 1. The third kappa shape index (κ3) is 6.09. The number of pyridine rings is 1. The van der Waals surface area contributed by atoms with Gasteiger partial charge in [-0.25, -0.2) is 14.0 Å². The number of esters is 1. The fraction of sp³-hybridized carbons (Fsp3) is 0.476. The predicted molar refractivity (Wildman–Crippen MR) is 114 cm³/mol. The average molecular weight is 437 g/mol. The highest BCUT2D eigenvalue weighted by Crippen LogP contribution is 2.21. The van der Waals surface area contributed by atoms with Crippen LogP contribution in [0.15, 0.2) is 29.2 Å². The van der Waals surface area contributed by atoms with Crippen LogP contribution < -0.4 is 20.5 Å². The summed E-state index contributed by atoms with van der Waals surface area (Å²) >= 11 is 0. The summed E-state index contributed by atoms with van der Waals surface area (Å²) in [6.45, 7) is 4.73. The van der Waals surface area contributed by atoms with Crippen molar-refractivity contribution in [2.75, 3.05) is 32.3 Å². The molecule has 2 atom stereocenters. The molecule has 0 saturated heterocycles. The van der Waals surface area contributed by atoms with Crippen molar-refractivity contribution >= 4 is 23.0 Å². The van der Waals surface area contributed by atoms with E-state index in [0.717, 1.165) is 0 Å². The molecule has 1 heterocycles. The maximum absolute atomic E-state index is 13.2. The van der Waals surface area contributed by atoms with Gasteiger partial charge < -0.3 is 19.2 Å². The van der Waals surface area contributed by atoms with Crippen molar-refractivity contribution in [1.82, 2.24) is 9.99 Å². The van der Waals surface area contributed by atoms with E-state index in [1.165, 1.54) is 12.3 Å². The molecule has 10 heteroatoms. The number of ether oxygens (including phenoxy) is 3. The summed E-state index contributed by atoms with van der Waals surface area (Å²) in [5.41, 5.74) is -0.0316. The molecule has 1 amide bonds. The van der Waals surface area contributed by atoms with E-state index in [0.29, 0.717) is 16.7 Å². The molecule has 170 valence electrons. The molecule has 0 aliphatic rings. The number of nitrogens with zero attached hydrogens (tertiary/aromatic N) is 2. The van der Waals surface area contributed by atoms with Gasteiger partial charge in [0.1, 0.15) is 24.1 Å². The van der Waals surface area contributed by atoms with E-state index in [9.17, 15) is 18.8 Å². The molecule has 0 fully saturated rings. The topological polar surface area (TPSA) is 99.1 Å². The van der Waals surface area contributed by atoms with E-state index in [4.69, 9.17) is 14.2 Å². The monoisotopic (exact) mass is 437 g/mol. The van der Waals surface area contributed by atoms with Crippen LogP contribution >= 0.6 is 0 Å². The molecule has 9 nitrogen and oxygen atoms in total. The number of nitrogens with one attached hydrogen (secondary N) is 1. The van der Waals surface area contributed by atoms with Gasteiger partial charge in [-0.3, -0.25) is 14.8 Å². The molecule has 1 N–H and O–H groups in total. The second kappa shape index (κ2) is 10.6. The van der Waals surface area contributed by atoms with Gasteiger partial charge in [0.05, 0.1) is 12.1 Å². The van der Waals surface area contributed by atoms with Crippen LogP contribution in [0.2, 0.25) is 0 Å². The van der Waals surface area contributed by atoms with Gasteiger partial charge in [-0.1, -0.05) is 6.92 Å². The number of carbonyl (C=O) groups excluding carboxylic acids is 2. The summed E-state index contributed by atoms with van der Waals surface area (Å²) in [5, 5.41) is 4.45. The Morgan fingerprint density at radius 1 is 1.23 bits per heavy atom. The molecule has 1 aromatic heterocycles. The van der Waals surface area contributed by atoms with Gasteiger partial charge >= 0.3 is 12.1 Å². The Bertz CT molecular complexity index is 991. The van der Waals surface area contributed by atoms with Gasteiger partial charge in [0.15, 0.2) is 6.23 Å². The molecule has 0 saturated carbocycles. The lowest BCUT2D eigenvalue weighted by Gasteiger charge is -2.22. The minimum absolute atomic E-state index is 0.0762. The first-order valence-electron chi connectivity index (χ1n) is 9.96. The van der Waals surface area contributed by atoms with Crippen LogP contribution in [0.4, 0.5) is 9.18 Å². The van der Waals surface area contributed by atoms with E-state index in [1.54, 1.807) is 56.7 Å². The standard InChI is InChI=1S/C21H28FN3O6/c1-6-14(22)12-30-21(28)23-13(3)31-15-8-9-16-18(10-15)25(24(4)5)11-17(19(16)26)20(27)29-7-2/h8-11,13-14H,6-7,12H2,1-5H3,(H,23,28). The smallest absolute Gasteiger partial charge is 0.410 e. The van der Waals surface area contributed by atoms with Crippen LogP contribution in [-0.4, -0.2) is 56.4 Å². The van der Waals surface area contributed by atoms with Gasteiger partial charge in [0.25, 0.3) is 0 Å². The van der Waals surface area contributed by atoms with Gasteiger partial charge in [-0.2, -0.15) is 0 Å². The first-order chi connectivity index (χ1) is 14.7. The molecule has 0 spiro atoms. The number of amides is 1. The van der Waals surface area contributed by atoms with E-state index < -0.39 is 29.9 Å². The Morgan fingerprint density at radius 2 is 1.94 bits per heavy atom. The molecule has 2 aromatic rings. The molecule has 0 aliphatic heterocycles. The predicted octanol–water partition coefficient (Wildman–Crippen LogP) is 2.57. The van der Waals surface area contributed by atoms with Crippen molar-refractivity contribution in [2.45, 2.75) is 39.6 Å². The molecule has 0 aliphatic carbocycles. The van der Waals surface area contributed by atoms with Crippen LogP contribution in [0.1, 0.15) is 37.6 Å². The van der Waals surface area contributed by atoms with Gasteiger partial charge in [-0.15, -0.1) is 0 Å². The van der Waals surface area contributed by atoms with Crippen LogP contribution in [0.25, 0.3) is 10.9 Å². The Labute approximate surface area is 179 Å². The van der Waals surface area contributed by atoms with Crippen molar-refractivity contribution < 1.29 is 28.2 Å². The maximum atomic E-state index is 13.2. The number of rotatable bonds is 9. The Hall–Kier alpha value is -3.30. The van der Waals surface area contributed by atoms with Crippen molar-refractivity contribution in [1.29, 1.82) is 0 Å². The van der Waals surface area contributed by atoms with Crippen LogP contribution in [0.3, 0.4) is 0 Å². The Balaban J connectivity index is 2.26. The number of hydrogen-bond acceptors (Lipinski definition) is 7. The first kappa shape index (κ1) is 24.0. The molecule has 2 rings (SSSR count). The second-order valence-corrected chi connectivity index (χ2v) is 6.97. The van der Waals surface area contributed by atoms with Crippen molar-refractivity contribution in [3.05, 3.63) is 40.2 Å². The summed E-state index contributed by atoms with van der Waals surface area (Å²) in [5.74, 6) is -0.323. The van der Waals surface area contributed by atoms with Crippen molar-refractivity contribution in [2.24, 2.45) is 0 Å². The summed E-state index contributed by atoms with van der Waals surface area (Å²) in [6.07, 6.45) is -1.13. The van der Waals surface area contributed by atoms with E-state index >= 15 is 0 Å². The lowest BCUT2D eigenvalue weighted by Crippen LogP contribution is -2.38. The molecular formula is C21H28FN3O6. The third-order valence-electron chi connectivity index (χ3n) is 4.36. The number of carbonyl (C=O) groups is 2. The first-order valence-corrected chi connectivity index (χ1v) is 9.96. The normalized spacial score (nSPS) is 12.7. The number of aromatic nitrogens is 1. The summed E-state index contributed by atoms with van der Waals surface area (Å²) < 4.78 is 30.3. The lowest BCUT2D eigenvalue weighted by molar-refractivity contribution is 0.0524. The van der Waals surface area contributed by atoms with Crippen molar-refractivity contribution in [3.63, 3.8) is 0 Å². The Kier molecular flexibility index (Phi) is 8.23. The average Bonchev–Trinajstić information content (AvgIpc) is 2.71. The zero-order valence-corrected chi connectivity index (χ0v) is 18.3. The summed E-state index contributed by atoms with van der Waals surface area (Å²) in [4.78, 5) is 36.7. The highest BCUT2D eigenvalue weighted by atomic mass is 19.1. The maximum Gasteiger partial charge on any atom is 0.410 e. The third-order valence-corrected chi connectivity index (χ3v) is 4.36. The van der Waals surface area contributed by atoms with Crippen LogP contribution in [-0.2, 0) is 9.47 Å². The number of fused-ring (bicyclic) bond motifs is 1. The highest BCUT2D eigenvalue weighted by Gasteiger charge is 2.18. The molecular weight excluding hydrogens is 409 g/mol. The fourth-order valence-corrected chi connectivity index (χ4v) is 2.77. The van der Waals surface area contributed by atoms with E-state index in [2.05, 4.69) is 5.32 Å². The zero-order chi connectivity index (χ0) is 23.1. The molecule has 0 radical (unpaired) electrons. The number of benzene rings is 1. The minimum atomic E-state index is -1.22. The van der Waals surface area contributed by atoms with Crippen LogP contribution in [0.5, 0.6) is 5.75 Å². The number of hydrogen-bond donors (Lipinski definition) is 1. The zero-order valence-electron chi connectivity index (χ0n) is 18.3. The van der Waals surface area contributed by atoms with Gasteiger partial charge in [-0.05, 0) is 32.4 Å². The van der Waals surface area contributed by atoms with E-state index in [-0.39, 0.29) is 25.2 Å². The lowest BCUT2D eigenvalue weighted by atomic mass is 10.1. The Morgan fingerprint density at radius 3 is 2.55 bits per heavy atom.